The lowest BCUT2D eigenvalue weighted by Gasteiger charge is -2.12. The Morgan fingerprint density at radius 1 is 1.15 bits per heavy atom. The fourth-order valence-corrected chi connectivity index (χ4v) is 3.73. The van der Waals surface area contributed by atoms with Crippen LogP contribution in [0.3, 0.4) is 0 Å². The van der Waals surface area contributed by atoms with Crippen molar-refractivity contribution in [2.24, 2.45) is 0 Å². The predicted octanol–water partition coefficient (Wildman–Crippen LogP) is 4.74. The van der Waals surface area contributed by atoms with Crippen LogP contribution >= 0.6 is 11.8 Å². The van der Waals surface area contributed by atoms with Gasteiger partial charge in [-0.1, -0.05) is 42.4 Å². The standard InChI is InChI=1S/C20H19N3O3S/c1-2-3-10-23-19(24)15-7-4-5-8-16(15)21-20(23)27-13-14-12-18(26-22-14)17-9-6-11-25-17/h4-9,11-12H,2-3,10,13H2,1H3. The third-order valence-corrected chi connectivity index (χ3v) is 5.24. The minimum absolute atomic E-state index is 0.00739. The SMILES string of the molecule is CCCCn1c(SCc2cc(-c3ccco3)on2)nc2ccccc2c1=O. The van der Waals surface area contributed by atoms with Crippen LogP contribution in [0.25, 0.3) is 22.4 Å². The molecule has 0 bridgehead atoms. The Morgan fingerprint density at radius 2 is 2.04 bits per heavy atom. The van der Waals surface area contributed by atoms with Crippen LogP contribution in [-0.4, -0.2) is 14.7 Å². The second-order valence-corrected chi connectivity index (χ2v) is 7.11. The van der Waals surface area contributed by atoms with Gasteiger partial charge in [-0.2, -0.15) is 0 Å². The molecule has 27 heavy (non-hydrogen) atoms. The van der Waals surface area contributed by atoms with Gasteiger partial charge in [-0.3, -0.25) is 9.36 Å². The molecule has 0 saturated heterocycles. The molecule has 0 atom stereocenters. The van der Waals surface area contributed by atoms with Crippen LogP contribution in [0.2, 0.25) is 0 Å². The van der Waals surface area contributed by atoms with E-state index < -0.39 is 0 Å². The zero-order valence-electron chi connectivity index (χ0n) is 14.9. The second kappa shape index (κ2) is 7.84. The van der Waals surface area contributed by atoms with Gasteiger partial charge in [0.15, 0.2) is 10.9 Å². The molecule has 0 aliphatic heterocycles. The van der Waals surface area contributed by atoms with Crippen molar-refractivity contribution in [2.75, 3.05) is 0 Å². The summed E-state index contributed by atoms with van der Waals surface area (Å²) in [5.74, 6) is 1.79. The van der Waals surface area contributed by atoms with Crippen molar-refractivity contribution in [1.29, 1.82) is 0 Å². The number of aromatic nitrogens is 3. The molecule has 6 nitrogen and oxygen atoms in total. The number of hydrogen-bond donors (Lipinski definition) is 0. The fraction of sp³-hybridized carbons (Fsp3) is 0.250. The third-order valence-electron chi connectivity index (χ3n) is 4.23. The van der Waals surface area contributed by atoms with Gasteiger partial charge < -0.3 is 8.94 Å². The van der Waals surface area contributed by atoms with E-state index in [4.69, 9.17) is 13.9 Å². The van der Waals surface area contributed by atoms with Gasteiger partial charge in [-0.15, -0.1) is 0 Å². The van der Waals surface area contributed by atoms with Crippen molar-refractivity contribution in [2.45, 2.75) is 37.2 Å². The molecular formula is C20H19N3O3S. The van der Waals surface area contributed by atoms with Crippen LogP contribution in [0.1, 0.15) is 25.5 Å². The first-order valence-corrected chi connectivity index (χ1v) is 9.86. The number of hydrogen-bond acceptors (Lipinski definition) is 6. The summed E-state index contributed by atoms with van der Waals surface area (Å²) in [6.45, 7) is 2.77. The summed E-state index contributed by atoms with van der Waals surface area (Å²) in [5.41, 5.74) is 1.50. The molecule has 138 valence electrons. The van der Waals surface area contributed by atoms with Crippen molar-refractivity contribution in [1.82, 2.24) is 14.7 Å². The molecule has 4 aromatic rings. The highest BCUT2D eigenvalue weighted by molar-refractivity contribution is 7.98. The van der Waals surface area contributed by atoms with Crippen LogP contribution in [-0.2, 0) is 12.3 Å². The quantitative estimate of drug-likeness (QED) is 0.340. The summed E-state index contributed by atoms with van der Waals surface area (Å²) in [4.78, 5) is 17.6. The summed E-state index contributed by atoms with van der Waals surface area (Å²) >= 11 is 1.49. The topological polar surface area (TPSA) is 74.1 Å². The molecule has 3 heterocycles. The van der Waals surface area contributed by atoms with Crippen LogP contribution in [0.15, 0.2) is 67.6 Å². The molecule has 0 amide bonds. The van der Waals surface area contributed by atoms with Crippen molar-refractivity contribution >= 4 is 22.7 Å². The van der Waals surface area contributed by atoms with E-state index in [2.05, 4.69) is 12.1 Å². The van der Waals surface area contributed by atoms with Crippen molar-refractivity contribution in [3.8, 4) is 11.5 Å². The maximum atomic E-state index is 12.9. The van der Waals surface area contributed by atoms with Crippen LogP contribution in [0, 0.1) is 0 Å². The van der Waals surface area contributed by atoms with E-state index in [-0.39, 0.29) is 5.56 Å². The fourth-order valence-electron chi connectivity index (χ4n) is 2.82. The third kappa shape index (κ3) is 3.68. The molecule has 1 aromatic carbocycles. The Kier molecular flexibility index (Phi) is 5.11. The molecule has 0 spiro atoms. The molecule has 4 rings (SSSR count). The molecule has 0 radical (unpaired) electrons. The normalized spacial score (nSPS) is 11.3. The average molecular weight is 381 g/mol. The van der Waals surface area contributed by atoms with E-state index in [1.807, 2.05) is 36.4 Å². The summed E-state index contributed by atoms with van der Waals surface area (Å²) in [6.07, 6.45) is 3.54. The highest BCUT2D eigenvalue weighted by Crippen LogP contribution is 2.26. The molecule has 0 N–H and O–H groups in total. The lowest BCUT2D eigenvalue weighted by Crippen LogP contribution is -2.23. The lowest BCUT2D eigenvalue weighted by molar-refractivity contribution is 0.413. The Balaban J connectivity index is 1.61. The van der Waals surface area contributed by atoms with E-state index >= 15 is 0 Å². The van der Waals surface area contributed by atoms with Crippen LogP contribution in [0.4, 0.5) is 0 Å². The molecule has 0 unspecified atom stereocenters. The Labute approximate surface area is 160 Å². The number of unbranched alkanes of at least 4 members (excludes halogenated alkanes) is 1. The van der Waals surface area contributed by atoms with Crippen molar-refractivity contribution in [3.63, 3.8) is 0 Å². The van der Waals surface area contributed by atoms with E-state index in [0.717, 1.165) is 18.5 Å². The van der Waals surface area contributed by atoms with E-state index in [9.17, 15) is 4.79 Å². The van der Waals surface area contributed by atoms with Crippen LogP contribution in [0.5, 0.6) is 0 Å². The summed E-state index contributed by atoms with van der Waals surface area (Å²) in [7, 11) is 0. The molecule has 3 aromatic heterocycles. The van der Waals surface area contributed by atoms with Crippen molar-refractivity contribution < 1.29 is 8.94 Å². The molecule has 0 aliphatic carbocycles. The average Bonchev–Trinajstić information content (AvgIpc) is 3.37. The monoisotopic (exact) mass is 381 g/mol. The maximum Gasteiger partial charge on any atom is 0.262 e. The van der Waals surface area contributed by atoms with E-state index in [1.54, 1.807) is 16.9 Å². The minimum atomic E-state index is 0.00739. The number of furan rings is 1. The van der Waals surface area contributed by atoms with Gasteiger partial charge in [0.2, 0.25) is 5.76 Å². The Bertz CT molecular complexity index is 1100. The van der Waals surface area contributed by atoms with E-state index in [0.29, 0.717) is 39.9 Å². The Morgan fingerprint density at radius 3 is 2.85 bits per heavy atom. The smallest absolute Gasteiger partial charge is 0.262 e. The van der Waals surface area contributed by atoms with Gasteiger partial charge in [0.25, 0.3) is 5.56 Å². The first-order valence-electron chi connectivity index (χ1n) is 8.88. The Hall–Kier alpha value is -2.80. The second-order valence-electron chi connectivity index (χ2n) is 6.17. The number of nitrogens with zero attached hydrogens (tertiary/aromatic N) is 3. The lowest BCUT2D eigenvalue weighted by atomic mass is 10.2. The molecule has 0 aliphatic rings. The molecule has 0 saturated carbocycles. The van der Waals surface area contributed by atoms with Gasteiger partial charge in [0.05, 0.1) is 22.9 Å². The largest absolute Gasteiger partial charge is 0.461 e. The van der Waals surface area contributed by atoms with Gasteiger partial charge >= 0.3 is 0 Å². The number of fused-ring (bicyclic) bond motifs is 1. The zero-order chi connectivity index (χ0) is 18.6. The number of para-hydroxylation sites is 1. The van der Waals surface area contributed by atoms with Gasteiger partial charge in [0.1, 0.15) is 0 Å². The highest BCUT2D eigenvalue weighted by atomic mass is 32.2. The number of thioether (sulfide) groups is 1. The predicted molar refractivity (Wildman–Crippen MR) is 105 cm³/mol. The van der Waals surface area contributed by atoms with Gasteiger partial charge in [0, 0.05) is 18.4 Å². The first kappa shape index (κ1) is 17.6. The zero-order valence-corrected chi connectivity index (χ0v) is 15.7. The van der Waals surface area contributed by atoms with Crippen LogP contribution < -0.4 is 5.56 Å². The first-order chi connectivity index (χ1) is 13.3. The minimum Gasteiger partial charge on any atom is -0.461 e. The highest BCUT2D eigenvalue weighted by Gasteiger charge is 2.14. The number of benzene rings is 1. The van der Waals surface area contributed by atoms with E-state index in [1.165, 1.54) is 11.8 Å². The number of rotatable bonds is 7. The molecule has 0 fully saturated rings. The van der Waals surface area contributed by atoms with Crippen molar-refractivity contribution in [3.05, 3.63) is 64.8 Å². The maximum absolute atomic E-state index is 12.9. The summed E-state index contributed by atoms with van der Waals surface area (Å²) in [5, 5.41) is 5.45. The summed E-state index contributed by atoms with van der Waals surface area (Å²) in [6, 6.07) is 12.9. The van der Waals surface area contributed by atoms with Gasteiger partial charge in [-0.05, 0) is 30.7 Å². The molecule has 7 heteroatoms. The van der Waals surface area contributed by atoms with Gasteiger partial charge in [-0.25, -0.2) is 4.98 Å². The molecular weight excluding hydrogens is 362 g/mol. The summed E-state index contributed by atoms with van der Waals surface area (Å²) < 4.78 is 12.4.